The minimum atomic E-state index is -0.636. The molecule has 0 N–H and O–H groups in total. The molecular weight excluding hydrogens is 337 g/mol. The quantitative estimate of drug-likeness (QED) is 0.353. The molecule has 7 heteroatoms. The van der Waals surface area contributed by atoms with Crippen molar-refractivity contribution < 1.29 is 18.7 Å². The minimum absolute atomic E-state index is 0.114. The lowest BCUT2D eigenvalue weighted by Gasteiger charge is -2.11. The zero-order valence-electron chi connectivity index (χ0n) is 10.3. The number of nitrogens with zero attached hydrogens (tertiary/aromatic N) is 1. The number of hydrogen-bond donors (Lipinski definition) is 0. The van der Waals surface area contributed by atoms with Crippen molar-refractivity contribution in [1.29, 1.82) is 0 Å². The van der Waals surface area contributed by atoms with Gasteiger partial charge in [0.1, 0.15) is 10.9 Å². The first-order valence-corrected chi connectivity index (χ1v) is 7.07. The van der Waals surface area contributed by atoms with Gasteiger partial charge in [-0.25, -0.2) is 9.18 Å². The van der Waals surface area contributed by atoms with Crippen LogP contribution in [0.5, 0.6) is 0 Å². The fourth-order valence-electron chi connectivity index (χ4n) is 1.24. The van der Waals surface area contributed by atoms with E-state index in [0.717, 1.165) is 0 Å². The van der Waals surface area contributed by atoms with Crippen molar-refractivity contribution in [3.63, 3.8) is 0 Å². The van der Waals surface area contributed by atoms with Crippen molar-refractivity contribution in [3.8, 4) is 0 Å². The number of isocyanates is 1. The lowest BCUT2D eigenvalue weighted by Crippen LogP contribution is -2.16. The van der Waals surface area contributed by atoms with Gasteiger partial charge in [0.25, 0.3) is 0 Å². The molecule has 0 spiro atoms. The molecule has 102 valence electrons. The summed E-state index contributed by atoms with van der Waals surface area (Å²) in [6, 6.07) is 2.57. The second-order valence-electron chi connectivity index (χ2n) is 3.45. The van der Waals surface area contributed by atoms with Crippen LogP contribution in [0.3, 0.4) is 0 Å². The van der Waals surface area contributed by atoms with E-state index in [1.165, 1.54) is 30.0 Å². The summed E-state index contributed by atoms with van der Waals surface area (Å²) in [5.41, 5.74) is -0.114. The van der Waals surface area contributed by atoms with Gasteiger partial charge in [0.15, 0.2) is 5.82 Å². The van der Waals surface area contributed by atoms with E-state index in [9.17, 15) is 14.0 Å². The van der Waals surface area contributed by atoms with E-state index >= 15 is 0 Å². The molecule has 19 heavy (non-hydrogen) atoms. The number of carbonyl (C=O) groups excluding carboxylic acids is 2. The Hall–Kier alpha value is -1.17. The molecule has 4 nitrogen and oxygen atoms in total. The second-order valence-corrected chi connectivity index (χ2v) is 5.69. The van der Waals surface area contributed by atoms with E-state index in [0.29, 0.717) is 16.0 Å². The summed E-state index contributed by atoms with van der Waals surface area (Å²) in [5.74, 6) is -0.993. The van der Waals surface area contributed by atoms with Gasteiger partial charge in [0.2, 0.25) is 6.08 Å². The number of thioether (sulfide) groups is 1. The summed E-state index contributed by atoms with van der Waals surface area (Å²) >= 11 is 4.38. The monoisotopic (exact) mass is 347 g/mol. The number of ether oxygens (including phenoxy) is 1. The summed E-state index contributed by atoms with van der Waals surface area (Å²) in [5, 5.41) is -0.449. The highest BCUT2D eigenvalue weighted by Crippen LogP contribution is 2.35. The van der Waals surface area contributed by atoms with Crippen molar-refractivity contribution in [3.05, 3.63) is 22.4 Å². The molecule has 0 aliphatic rings. The molecule has 1 aromatic carbocycles. The molecule has 0 heterocycles. The Labute approximate surface area is 122 Å². The number of esters is 1. The van der Waals surface area contributed by atoms with Gasteiger partial charge in [-0.2, -0.15) is 4.99 Å². The average molecular weight is 348 g/mol. The summed E-state index contributed by atoms with van der Waals surface area (Å²) in [7, 11) is 0. The van der Waals surface area contributed by atoms with Crippen LogP contribution in [0.1, 0.15) is 13.8 Å². The molecule has 1 aromatic rings. The molecule has 0 aromatic heterocycles. The number of hydrogen-bond acceptors (Lipinski definition) is 5. The number of carbonyl (C=O) groups is 1. The fourth-order valence-corrected chi connectivity index (χ4v) is 2.73. The minimum Gasteiger partial charge on any atom is -0.465 e. The van der Waals surface area contributed by atoms with Crippen LogP contribution in [-0.2, 0) is 14.3 Å². The Kier molecular flexibility index (Phi) is 6.21. The number of aliphatic imine (C=N–C) groups is 1. The van der Waals surface area contributed by atoms with Crippen LogP contribution in [0, 0.1) is 5.82 Å². The van der Waals surface area contributed by atoms with Crippen LogP contribution < -0.4 is 0 Å². The maximum Gasteiger partial charge on any atom is 0.319 e. The van der Waals surface area contributed by atoms with E-state index < -0.39 is 11.1 Å². The largest absolute Gasteiger partial charge is 0.465 e. The molecule has 0 amide bonds. The molecule has 1 atom stereocenters. The summed E-state index contributed by atoms with van der Waals surface area (Å²) in [6.07, 6.45) is 1.29. The Morgan fingerprint density at radius 2 is 2.32 bits per heavy atom. The molecule has 0 bridgehead atoms. The topological polar surface area (TPSA) is 55.7 Å². The van der Waals surface area contributed by atoms with Crippen LogP contribution in [0.4, 0.5) is 10.1 Å². The average Bonchev–Trinajstić information content (AvgIpc) is 2.35. The summed E-state index contributed by atoms with van der Waals surface area (Å²) in [6.45, 7) is 3.70. The third-order valence-corrected chi connectivity index (χ3v) is 4.15. The van der Waals surface area contributed by atoms with Crippen LogP contribution >= 0.6 is 27.7 Å². The molecule has 1 unspecified atom stereocenters. The molecule has 0 saturated heterocycles. The van der Waals surface area contributed by atoms with Crippen molar-refractivity contribution in [2.75, 3.05) is 6.61 Å². The zero-order chi connectivity index (χ0) is 14.4. The predicted molar refractivity (Wildman–Crippen MR) is 73.8 cm³/mol. The third-order valence-electron chi connectivity index (χ3n) is 2.09. The van der Waals surface area contributed by atoms with Gasteiger partial charge in [-0.05, 0) is 41.9 Å². The van der Waals surface area contributed by atoms with Gasteiger partial charge >= 0.3 is 5.97 Å². The van der Waals surface area contributed by atoms with E-state index in [4.69, 9.17) is 4.74 Å². The van der Waals surface area contributed by atoms with E-state index in [1.54, 1.807) is 13.8 Å². The second kappa shape index (κ2) is 7.43. The van der Waals surface area contributed by atoms with Gasteiger partial charge in [0.05, 0.1) is 6.61 Å². The molecule has 0 radical (unpaired) electrons. The first-order valence-electron chi connectivity index (χ1n) is 5.39. The van der Waals surface area contributed by atoms with Crippen molar-refractivity contribution in [2.24, 2.45) is 4.99 Å². The van der Waals surface area contributed by atoms with Crippen molar-refractivity contribution in [2.45, 2.75) is 24.0 Å². The van der Waals surface area contributed by atoms with Crippen molar-refractivity contribution in [1.82, 2.24) is 0 Å². The third kappa shape index (κ3) is 4.45. The number of rotatable bonds is 5. The predicted octanol–water partition coefficient (Wildman–Crippen LogP) is 3.60. The van der Waals surface area contributed by atoms with Gasteiger partial charge in [0, 0.05) is 9.37 Å². The van der Waals surface area contributed by atoms with E-state index in [1.807, 2.05) is 0 Å². The molecule has 0 saturated carbocycles. The first kappa shape index (κ1) is 15.9. The molecular formula is C12H11BrFNO3S. The zero-order valence-corrected chi connectivity index (χ0v) is 12.7. The Balaban J connectivity index is 2.97. The number of halogens is 2. The lowest BCUT2D eigenvalue weighted by molar-refractivity contribution is -0.142. The standard InChI is InChI=1S/C12H11BrFNO3S/c1-3-18-12(17)7(2)19-11-5-10(15-6-16)9(14)4-8(11)13/h4-5,7H,3H2,1-2H3. The Morgan fingerprint density at radius 1 is 1.63 bits per heavy atom. The molecule has 1 rings (SSSR count). The molecule has 0 aliphatic carbocycles. The maximum atomic E-state index is 13.4. The highest BCUT2D eigenvalue weighted by atomic mass is 79.9. The highest BCUT2D eigenvalue weighted by molar-refractivity contribution is 9.10. The summed E-state index contributed by atoms with van der Waals surface area (Å²) < 4.78 is 18.8. The molecule has 0 fully saturated rings. The first-order chi connectivity index (χ1) is 8.99. The van der Waals surface area contributed by atoms with Gasteiger partial charge in [-0.3, -0.25) is 4.79 Å². The highest BCUT2D eigenvalue weighted by Gasteiger charge is 2.18. The fraction of sp³-hybridized carbons (Fsp3) is 0.333. The normalized spacial score (nSPS) is 11.6. The van der Waals surface area contributed by atoms with Crippen LogP contribution in [0.25, 0.3) is 0 Å². The van der Waals surface area contributed by atoms with Gasteiger partial charge in [-0.15, -0.1) is 11.8 Å². The Morgan fingerprint density at radius 3 is 2.89 bits per heavy atom. The van der Waals surface area contributed by atoms with Crippen LogP contribution in [-0.4, -0.2) is 23.9 Å². The lowest BCUT2D eigenvalue weighted by atomic mass is 10.3. The van der Waals surface area contributed by atoms with Crippen LogP contribution in [0.15, 0.2) is 26.5 Å². The summed E-state index contributed by atoms with van der Waals surface area (Å²) in [4.78, 5) is 25.6. The Bertz CT molecular complexity index is 532. The number of benzene rings is 1. The SMILES string of the molecule is CCOC(=O)C(C)Sc1cc(N=C=O)c(F)cc1Br. The van der Waals surface area contributed by atoms with Crippen molar-refractivity contribution >= 4 is 45.4 Å². The maximum absolute atomic E-state index is 13.4. The molecule has 0 aliphatic heterocycles. The van der Waals surface area contributed by atoms with Gasteiger partial charge in [-0.1, -0.05) is 0 Å². The van der Waals surface area contributed by atoms with Gasteiger partial charge < -0.3 is 4.74 Å². The van der Waals surface area contributed by atoms with E-state index in [-0.39, 0.29) is 11.7 Å². The van der Waals surface area contributed by atoms with E-state index in [2.05, 4.69) is 20.9 Å². The smallest absolute Gasteiger partial charge is 0.319 e. The van der Waals surface area contributed by atoms with Crippen LogP contribution in [0.2, 0.25) is 0 Å².